The van der Waals surface area contributed by atoms with E-state index in [-0.39, 0.29) is 17.8 Å². The molecule has 1 saturated heterocycles. The number of piperidine rings is 1. The summed E-state index contributed by atoms with van der Waals surface area (Å²) in [5.74, 6) is 1.48. The van der Waals surface area contributed by atoms with Crippen molar-refractivity contribution < 1.29 is 22.7 Å². The topological polar surface area (TPSA) is 88.2 Å². The summed E-state index contributed by atoms with van der Waals surface area (Å²) in [4.78, 5) is 14.5. The Morgan fingerprint density at radius 3 is 2.29 bits per heavy atom. The average Bonchev–Trinajstić information content (AvgIpc) is 2.72. The van der Waals surface area contributed by atoms with Crippen LogP contribution in [0.15, 0.2) is 12.1 Å². The number of carbonyl (C=O) groups excluding carboxylic acids is 1. The van der Waals surface area contributed by atoms with Gasteiger partial charge in [0.25, 0.3) is 0 Å². The molecular weight excluding hydrogens is 382 g/mol. The first-order chi connectivity index (χ1) is 13.4. The maximum Gasteiger partial charge on any atom is 0.317 e. The van der Waals surface area contributed by atoms with Crippen molar-refractivity contribution in [1.82, 2.24) is 14.5 Å². The summed E-state index contributed by atoms with van der Waals surface area (Å²) in [5.41, 5.74) is 2.22. The molecule has 0 radical (unpaired) electrons. The van der Waals surface area contributed by atoms with Crippen LogP contribution in [0.25, 0.3) is 0 Å². The monoisotopic (exact) mass is 411 g/mol. The van der Waals surface area contributed by atoms with Crippen LogP contribution in [0.3, 0.4) is 0 Å². The third-order valence-corrected chi connectivity index (χ3v) is 7.43. The lowest BCUT2D eigenvalue weighted by Gasteiger charge is -2.34. The number of hydrogen-bond acceptors (Lipinski definition) is 5. The first-order valence-corrected chi connectivity index (χ1v) is 11.3. The second kappa shape index (κ2) is 8.57. The molecule has 156 valence electrons. The number of nitrogens with one attached hydrogen (secondary N) is 1. The number of sulfonamides is 1. The molecule has 1 N–H and O–H groups in total. The number of fused-ring (bicyclic) bond motifs is 1. The van der Waals surface area contributed by atoms with Gasteiger partial charge in [0, 0.05) is 32.2 Å². The predicted octanol–water partition coefficient (Wildman–Crippen LogP) is 1.59. The minimum atomic E-state index is -3.15. The lowest BCUT2D eigenvalue weighted by atomic mass is 9.99. The zero-order chi connectivity index (χ0) is 20.3. The number of amides is 2. The van der Waals surface area contributed by atoms with Crippen molar-refractivity contribution in [3.05, 3.63) is 23.3 Å². The van der Waals surface area contributed by atoms with Gasteiger partial charge in [-0.15, -0.1) is 0 Å². The van der Waals surface area contributed by atoms with Gasteiger partial charge in [0.05, 0.1) is 20.0 Å². The molecular formula is C19H29N3O5S. The molecule has 28 heavy (non-hydrogen) atoms. The number of benzene rings is 1. The van der Waals surface area contributed by atoms with Crippen molar-refractivity contribution in [3.63, 3.8) is 0 Å². The van der Waals surface area contributed by atoms with Crippen LogP contribution in [-0.2, 0) is 23.0 Å². The molecule has 1 aromatic carbocycles. The van der Waals surface area contributed by atoms with E-state index in [1.165, 1.54) is 9.87 Å². The Morgan fingerprint density at radius 1 is 1.11 bits per heavy atom. The summed E-state index contributed by atoms with van der Waals surface area (Å²) in [6.07, 6.45) is 2.04. The smallest absolute Gasteiger partial charge is 0.317 e. The summed E-state index contributed by atoms with van der Waals surface area (Å²) >= 11 is 0. The normalized spacial score (nSPS) is 18.5. The van der Waals surface area contributed by atoms with E-state index < -0.39 is 10.0 Å². The van der Waals surface area contributed by atoms with Gasteiger partial charge in [0.1, 0.15) is 0 Å². The van der Waals surface area contributed by atoms with Crippen LogP contribution in [0.5, 0.6) is 11.5 Å². The minimum absolute atomic E-state index is 0.00241. The molecule has 0 unspecified atom stereocenters. The Kier molecular flexibility index (Phi) is 6.34. The summed E-state index contributed by atoms with van der Waals surface area (Å²) in [7, 11) is 0.0634. The van der Waals surface area contributed by atoms with Gasteiger partial charge in [-0.3, -0.25) is 0 Å². The zero-order valence-electron chi connectivity index (χ0n) is 16.7. The standard InChI is InChI=1S/C19H29N3O5S/c1-4-28(24,25)22-9-6-16(7-10-22)20-19(23)21-8-5-14-11-17(26-2)18(27-3)12-15(14)13-21/h11-12,16H,4-10,13H2,1-3H3,(H,20,23). The number of rotatable bonds is 5. The Balaban J connectivity index is 1.58. The molecule has 2 amide bonds. The second-order valence-corrected chi connectivity index (χ2v) is 9.43. The fraction of sp³-hybridized carbons (Fsp3) is 0.632. The van der Waals surface area contributed by atoms with E-state index in [1.807, 2.05) is 12.1 Å². The van der Waals surface area contributed by atoms with Crippen LogP contribution in [0, 0.1) is 0 Å². The number of carbonyl (C=O) groups is 1. The largest absolute Gasteiger partial charge is 0.493 e. The van der Waals surface area contributed by atoms with E-state index in [0.717, 1.165) is 12.0 Å². The van der Waals surface area contributed by atoms with Crippen molar-refractivity contribution in [3.8, 4) is 11.5 Å². The molecule has 0 aromatic heterocycles. The molecule has 3 rings (SSSR count). The molecule has 0 aliphatic carbocycles. The minimum Gasteiger partial charge on any atom is -0.493 e. The number of methoxy groups -OCH3 is 2. The zero-order valence-corrected chi connectivity index (χ0v) is 17.5. The fourth-order valence-corrected chi connectivity index (χ4v) is 4.92. The Hall–Kier alpha value is -2.00. The van der Waals surface area contributed by atoms with Gasteiger partial charge >= 0.3 is 6.03 Å². The fourth-order valence-electron chi connectivity index (χ4n) is 3.78. The van der Waals surface area contributed by atoms with Gasteiger partial charge in [-0.1, -0.05) is 0 Å². The molecule has 2 heterocycles. The quantitative estimate of drug-likeness (QED) is 0.795. The van der Waals surface area contributed by atoms with E-state index in [0.29, 0.717) is 50.5 Å². The number of urea groups is 1. The molecule has 1 aromatic rings. The van der Waals surface area contributed by atoms with Gasteiger partial charge in [-0.05, 0) is 49.4 Å². The lowest BCUT2D eigenvalue weighted by molar-refractivity contribution is 0.182. The highest BCUT2D eigenvalue weighted by Crippen LogP contribution is 2.33. The van der Waals surface area contributed by atoms with Crippen molar-refractivity contribution in [2.24, 2.45) is 0 Å². The van der Waals surface area contributed by atoms with Crippen LogP contribution in [-0.4, -0.2) is 69.3 Å². The van der Waals surface area contributed by atoms with Gasteiger partial charge in [0.2, 0.25) is 10.0 Å². The van der Waals surface area contributed by atoms with Crippen LogP contribution in [0.4, 0.5) is 4.79 Å². The van der Waals surface area contributed by atoms with Crippen LogP contribution >= 0.6 is 0 Å². The molecule has 0 saturated carbocycles. The van der Waals surface area contributed by atoms with Gasteiger partial charge in [-0.2, -0.15) is 0 Å². The van der Waals surface area contributed by atoms with Crippen molar-refractivity contribution in [2.75, 3.05) is 39.6 Å². The van der Waals surface area contributed by atoms with Gasteiger partial charge < -0.3 is 19.7 Å². The summed E-state index contributed by atoms with van der Waals surface area (Å²) in [6.45, 7) is 3.73. The first-order valence-electron chi connectivity index (χ1n) is 9.65. The first kappa shape index (κ1) is 20.7. The Labute approximate surface area is 166 Å². The van der Waals surface area contributed by atoms with Gasteiger partial charge in [0.15, 0.2) is 11.5 Å². The molecule has 0 spiro atoms. The summed E-state index contributed by atoms with van der Waals surface area (Å²) in [6, 6.07) is 3.81. The Morgan fingerprint density at radius 2 is 1.71 bits per heavy atom. The van der Waals surface area contributed by atoms with Crippen LogP contribution in [0.1, 0.15) is 30.9 Å². The molecule has 9 heteroatoms. The maximum atomic E-state index is 12.7. The lowest BCUT2D eigenvalue weighted by Crippen LogP contribution is -2.51. The number of nitrogens with zero attached hydrogens (tertiary/aromatic N) is 2. The summed E-state index contributed by atoms with van der Waals surface area (Å²) in [5, 5.41) is 3.07. The molecule has 2 aliphatic rings. The Bertz CT molecular complexity index is 819. The predicted molar refractivity (Wildman–Crippen MR) is 106 cm³/mol. The van der Waals surface area contributed by atoms with E-state index in [1.54, 1.807) is 26.0 Å². The second-order valence-electron chi connectivity index (χ2n) is 7.17. The number of ether oxygens (including phenoxy) is 2. The van der Waals surface area contributed by atoms with Crippen molar-refractivity contribution >= 4 is 16.1 Å². The van der Waals surface area contributed by atoms with Gasteiger partial charge in [-0.25, -0.2) is 17.5 Å². The van der Waals surface area contributed by atoms with Crippen molar-refractivity contribution in [2.45, 2.75) is 38.8 Å². The maximum absolute atomic E-state index is 12.7. The summed E-state index contributed by atoms with van der Waals surface area (Å²) < 4.78 is 36.2. The highest BCUT2D eigenvalue weighted by Gasteiger charge is 2.29. The molecule has 0 atom stereocenters. The molecule has 8 nitrogen and oxygen atoms in total. The molecule has 1 fully saturated rings. The van der Waals surface area contributed by atoms with E-state index in [9.17, 15) is 13.2 Å². The third-order valence-electron chi connectivity index (χ3n) is 5.54. The molecule has 0 bridgehead atoms. The van der Waals surface area contributed by atoms with E-state index >= 15 is 0 Å². The van der Waals surface area contributed by atoms with E-state index in [2.05, 4.69) is 5.32 Å². The van der Waals surface area contributed by atoms with Crippen LogP contribution in [0.2, 0.25) is 0 Å². The third kappa shape index (κ3) is 4.35. The van der Waals surface area contributed by atoms with Crippen molar-refractivity contribution in [1.29, 1.82) is 0 Å². The van der Waals surface area contributed by atoms with Crippen LogP contribution < -0.4 is 14.8 Å². The molecule has 2 aliphatic heterocycles. The van der Waals surface area contributed by atoms with E-state index in [4.69, 9.17) is 9.47 Å². The average molecular weight is 412 g/mol. The SMILES string of the molecule is CCS(=O)(=O)N1CCC(NC(=O)N2CCc3cc(OC)c(OC)cc3C2)CC1. The highest BCUT2D eigenvalue weighted by molar-refractivity contribution is 7.89. The number of hydrogen-bond donors (Lipinski definition) is 1. The highest BCUT2D eigenvalue weighted by atomic mass is 32.2.